The van der Waals surface area contributed by atoms with Crippen molar-refractivity contribution >= 4 is 29.3 Å². The number of hydrogen-bond acceptors (Lipinski definition) is 3. The highest BCUT2D eigenvalue weighted by molar-refractivity contribution is 6.30. The van der Waals surface area contributed by atoms with E-state index in [-0.39, 0.29) is 16.3 Å². The number of rotatable bonds is 3. The fourth-order valence-electron chi connectivity index (χ4n) is 2.17. The molecule has 1 aromatic carbocycles. The molecule has 1 aromatic rings. The van der Waals surface area contributed by atoms with E-state index in [1.807, 2.05) is 0 Å². The number of cyclic esters (lactones) is 1. The molecule has 2 N–H and O–H groups in total. The molecule has 2 amide bonds. The topological polar surface area (TPSA) is 67.4 Å². The summed E-state index contributed by atoms with van der Waals surface area (Å²) in [5.41, 5.74) is -3.43. The average molecular weight is 351 g/mol. The molecule has 0 spiro atoms. The fourth-order valence-corrected chi connectivity index (χ4v) is 2.34. The van der Waals surface area contributed by atoms with Crippen molar-refractivity contribution in [2.45, 2.75) is 25.6 Å². The predicted molar refractivity (Wildman–Crippen MR) is 77.1 cm³/mol. The van der Waals surface area contributed by atoms with Crippen molar-refractivity contribution in [3.05, 3.63) is 28.8 Å². The lowest BCUT2D eigenvalue weighted by Gasteiger charge is -2.39. The van der Waals surface area contributed by atoms with Crippen molar-refractivity contribution in [1.29, 1.82) is 0 Å². The van der Waals surface area contributed by atoms with Crippen LogP contribution in [-0.4, -0.2) is 24.7 Å². The van der Waals surface area contributed by atoms with Crippen LogP contribution in [0.1, 0.15) is 19.4 Å². The third-order valence-electron chi connectivity index (χ3n) is 3.41. The third kappa shape index (κ3) is 3.21. The number of halogens is 4. The first-order valence-corrected chi connectivity index (χ1v) is 7.09. The van der Waals surface area contributed by atoms with Crippen LogP contribution >= 0.6 is 11.6 Å². The Morgan fingerprint density at radius 2 is 2.09 bits per heavy atom. The molecular weight excluding hydrogens is 337 g/mol. The van der Waals surface area contributed by atoms with Crippen LogP contribution in [0.5, 0.6) is 0 Å². The zero-order chi connectivity index (χ0) is 17.4. The van der Waals surface area contributed by atoms with Gasteiger partial charge in [0, 0.05) is 16.5 Å². The molecule has 23 heavy (non-hydrogen) atoms. The van der Waals surface area contributed by atoms with Gasteiger partial charge in [0.15, 0.2) is 0 Å². The second-order valence-corrected chi connectivity index (χ2v) is 5.84. The first-order chi connectivity index (χ1) is 10.6. The summed E-state index contributed by atoms with van der Waals surface area (Å²) in [5.74, 6) is -1.11. The molecule has 0 aliphatic carbocycles. The Morgan fingerprint density at radius 1 is 1.43 bits per heavy atom. The van der Waals surface area contributed by atoms with Gasteiger partial charge in [-0.3, -0.25) is 10.1 Å². The molecule has 0 radical (unpaired) electrons. The van der Waals surface area contributed by atoms with Gasteiger partial charge in [-0.1, -0.05) is 25.4 Å². The van der Waals surface area contributed by atoms with Crippen molar-refractivity contribution in [2.24, 2.45) is 5.92 Å². The van der Waals surface area contributed by atoms with Crippen LogP contribution in [-0.2, 0) is 15.1 Å². The summed E-state index contributed by atoms with van der Waals surface area (Å²) in [6, 6.07) is 3.66. The Morgan fingerprint density at radius 3 is 2.65 bits per heavy atom. The molecule has 2 rings (SSSR count). The van der Waals surface area contributed by atoms with Crippen LogP contribution in [0.4, 0.5) is 23.7 Å². The number of anilines is 1. The molecule has 0 saturated heterocycles. The Kier molecular flexibility index (Phi) is 4.48. The molecule has 1 atom stereocenters. The van der Waals surface area contributed by atoms with Crippen molar-refractivity contribution in [2.75, 3.05) is 11.9 Å². The van der Waals surface area contributed by atoms with E-state index in [0.717, 1.165) is 6.07 Å². The fraction of sp³-hybridized carbons (Fsp3) is 0.429. The number of nitrogens with one attached hydrogen (secondary N) is 2. The van der Waals surface area contributed by atoms with Gasteiger partial charge in [0.1, 0.15) is 0 Å². The molecular formula is C14H14ClF3N2O3. The minimum atomic E-state index is -4.95. The monoisotopic (exact) mass is 350 g/mol. The largest absolute Gasteiger partial charge is 0.434 e. The maximum Gasteiger partial charge on any atom is 0.434 e. The highest BCUT2D eigenvalue weighted by atomic mass is 35.5. The number of benzene rings is 1. The van der Waals surface area contributed by atoms with Gasteiger partial charge in [0.25, 0.3) is 5.60 Å². The van der Waals surface area contributed by atoms with Crippen molar-refractivity contribution < 1.29 is 27.5 Å². The molecule has 1 aliphatic rings. The lowest BCUT2D eigenvalue weighted by Crippen LogP contribution is -2.57. The highest BCUT2D eigenvalue weighted by Crippen LogP contribution is 2.47. The first kappa shape index (κ1) is 17.4. The Hall–Kier alpha value is -1.96. The molecule has 0 bridgehead atoms. The van der Waals surface area contributed by atoms with E-state index in [0.29, 0.717) is 0 Å². The SMILES string of the molecule is CC(C)C(=O)NCC1(C(F)(F)F)OC(=O)Nc2ccc(Cl)cc21. The van der Waals surface area contributed by atoms with E-state index in [1.165, 1.54) is 26.0 Å². The molecule has 0 fully saturated rings. The van der Waals surface area contributed by atoms with Crippen LogP contribution in [0.25, 0.3) is 0 Å². The normalized spacial score (nSPS) is 20.6. The number of alkyl halides is 3. The average Bonchev–Trinajstić information content (AvgIpc) is 2.43. The summed E-state index contributed by atoms with van der Waals surface area (Å²) < 4.78 is 45.8. The molecule has 0 saturated carbocycles. The summed E-state index contributed by atoms with van der Waals surface area (Å²) >= 11 is 5.78. The summed E-state index contributed by atoms with van der Waals surface area (Å²) in [6.07, 6.45) is -6.20. The van der Waals surface area contributed by atoms with Gasteiger partial charge in [-0.25, -0.2) is 4.79 Å². The van der Waals surface area contributed by atoms with Crippen LogP contribution in [0.15, 0.2) is 18.2 Å². The quantitative estimate of drug-likeness (QED) is 0.877. The molecule has 1 heterocycles. The van der Waals surface area contributed by atoms with Crippen molar-refractivity contribution in [3.8, 4) is 0 Å². The molecule has 1 unspecified atom stereocenters. The van der Waals surface area contributed by atoms with Gasteiger partial charge < -0.3 is 10.1 Å². The van der Waals surface area contributed by atoms with Crippen molar-refractivity contribution in [3.63, 3.8) is 0 Å². The molecule has 0 aromatic heterocycles. The summed E-state index contributed by atoms with van der Waals surface area (Å²) in [7, 11) is 0. The van der Waals surface area contributed by atoms with Crippen LogP contribution < -0.4 is 10.6 Å². The van der Waals surface area contributed by atoms with Gasteiger partial charge in [0.2, 0.25) is 5.91 Å². The zero-order valence-corrected chi connectivity index (χ0v) is 13.0. The molecule has 1 aliphatic heterocycles. The minimum absolute atomic E-state index is 0.0484. The first-order valence-electron chi connectivity index (χ1n) is 6.71. The number of carbonyl (C=O) groups excluding carboxylic acids is 2. The standard InChI is InChI=1S/C14H14ClF3N2O3/c1-7(2)11(21)19-6-13(14(16,17)18)9-5-8(15)3-4-10(9)20-12(22)23-13/h3-5,7H,6H2,1-2H3,(H,19,21)(H,20,22). The van der Waals surface area contributed by atoms with Gasteiger partial charge in [-0.15, -0.1) is 0 Å². The smallest absolute Gasteiger partial charge is 0.426 e. The van der Waals surface area contributed by atoms with Gasteiger partial charge in [0.05, 0.1) is 12.2 Å². The molecule has 9 heteroatoms. The third-order valence-corrected chi connectivity index (χ3v) is 3.65. The minimum Gasteiger partial charge on any atom is -0.426 e. The second-order valence-electron chi connectivity index (χ2n) is 5.40. The Labute approximate surface area is 135 Å². The van der Waals surface area contributed by atoms with E-state index in [2.05, 4.69) is 15.4 Å². The number of amides is 2. The number of ether oxygens (including phenoxy) is 1. The maximum atomic E-state index is 13.7. The molecule has 5 nitrogen and oxygen atoms in total. The summed E-state index contributed by atoms with van der Waals surface area (Å²) in [5, 5.41) is 4.41. The predicted octanol–water partition coefficient (Wildman–Crippen LogP) is 3.43. The second kappa shape index (κ2) is 5.92. The number of fused-ring (bicyclic) bond motifs is 1. The van der Waals surface area contributed by atoms with E-state index in [4.69, 9.17) is 11.6 Å². The highest BCUT2D eigenvalue weighted by Gasteiger charge is 2.62. The lowest BCUT2D eigenvalue weighted by molar-refractivity contribution is -0.262. The van der Waals surface area contributed by atoms with Gasteiger partial charge >= 0.3 is 12.3 Å². The van der Waals surface area contributed by atoms with Crippen LogP contribution in [0.2, 0.25) is 5.02 Å². The molecule has 126 valence electrons. The van der Waals surface area contributed by atoms with E-state index < -0.39 is 36.2 Å². The Bertz CT molecular complexity index is 649. The zero-order valence-electron chi connectivity index (χ0n) is 12.3. The maximum absolute atomic E-state index is 13.7. The van der Waals surface area contributed by atoms with Gasteiger partial charge in [-0.2, -0.15) is 13.2 Å². The summed E-state index contributed by atoms with van der Waals surface area (Å²) in [4.78, 5) is 23.2. The lowest BCUT2D eigenvalue weighted by atomic mass is 9.89. The van der Waals surface area contributed by atoms with Crippen LogP contribution in [0, 0.1) is 5.92 Å². The number of carbonyl (C=O) groups is 2. The van der Waals surface area contributed by atoms with Crippen molar-refractivity contribution in [1.82, 2.24) is 5.32 Å². The van der Waals surface area contributed by atoms with E-state index in [9.17, 15) is 22.8 Å². The number of hydrogen-bond donors (Lipinski definition) is 2. The van der Waals surface area contributed by atoms with Crippen LogP contribution in [0.3, 0.4) is 0 Å². The Balaban J connectivity index is 2.52. The summed E-state index contributed by atoms with van der Waals surface area (Å²) in [6.45, 7) is 2.14. The van der Waals surface area contributed by atoms with E-state index in [1.54, 1.807) is 0 Å². The van der Waals surface area contributed by atoms with Gasteiger partial charge in [-0.05, 0) is 18.2 Å². The van der Waals surface area contributed by atoms with E-state index >= 15 is 0 Å².